The molecule has 0 aromatic heterocycles. The molecule has 0 radical (unpaired) electrons. The number of amides is 1. The van der Waals surface area contributed by atoms with E-state index in [1.807, 2.05) is 37.3 Å². The molecule has 2 aromatic rings. The van der Waals surface area contributed by atoms with Crippen molar-refractivity contribution < 1.29 is 14.3 Å². The highest BCUT2D eigenvalue weighted by atomic mass is 79.9. The highest BCUT2D eigenvalue weighted by Gasteiger charge is 2.20. The molecule has 1 N–H and O–H groups in total. The lowest BCUT2D eigenvalue weighted by atomic mass is 10.1. The first-order valence-electron chi connectivity index (χ1n) is 10.3. The van der Waals surface area contributed by atoms with Crippen molar-refractivity contribution in [2.45, 2.75) is 45.3 Å². The quantitative estimate of drug-likeness (QED) is 0.352. The van der Waals surface area contributed by atoms with E-state index in [1.165, 1.54) is 0 Å². The van der Waals surface area contributed by atoms with E-state index < -0.39 is 0 Å². The second-order valence-electron chi connectivity index (χ2n) is 7.27. The van der Waals surface area contributed by atoms with Crippen molar-refractivity contribution in [3.63, 3.8) is 0 Å². The molecule has 3 rings (SSSR count). The summed E-state index contributed by atoms with van der Waals surface area (Å²) in [6.07, 6.45) is 5.70. The molecule has 5 nitrogen and oxygen atoms in total. The highest BCUT2D eigenvalue weighted by Crippen LogP contribution is 2.38. The summed E-state index contributed by atoms with van der Waals surface area (Å²) in [4.78, 5) is 12.5. The Hall–Kier alpha value is -2.49. The SMILES string of the molecule is CCOc1cc(/C=C(/C#N)C(=O)NC2CCCC2)cc(Br)c1OCc1ccccc1Cl. The van der Waals surface area contributed by atoms with Crippen molar-refractivity contribution >= 4 is 39.5 Å². The lowest BCUT2D eigenvalue weighted by Gasteiger charge is -2.15. The van der Waals surface area contributed by atoms with Crippen LogP contribution in [0, 0.1) is 11.3 Å². The van der Waals surface area contributed by atoms with Gasteiger partial charge in [-0.2, -0.15) is 5.26 Å². The number of halogens is 2. The Morgan fingerprint density at radius 3 is 2.71 bits per heavy atom. The summed E-state index contributed by atoms with van der Waals surface area (Å²) in [7, 11) is 0. The average molecular weight is 504 g/mol. The van der Waals surface area contributed by atoms with Crippen LogP contribution in [0.3, 0.4) is 0 Å². The van der Waals surface area contributed by atoms with Gasteiger partial charge in [0.05, 0.1) is 11.1 Å². The van der Waals surface area contributed by atoms with Gasteiger partial charge in [-0.25, -0.2) is 0 Å². The minimum Gasteiger partial charge on any atom is -0.490 e. The van der Waals surface area contributed by atoms with Crippen molar-refractivity contribution in [2.24, 2.45) is 0 Å². The predicted octanol–water partition coefficient (Wildman–Crippen LogP) is 6.05. The summed E-state index contributed by atoms with van der Waals surface area (Å²) in [6, 6.07) is 13.2. The van der Waals surface area contributed by atoms with Crippen molar-refractivity contribution in [3.05, 3.63) is 62.6 Å². The Morgan fingerprint density at radius 2 is 2.03 bits per heavy atom. The summed E-state index contributed by atoms with van der Waals surface area (Å²) < 4.78 is 12.4. The van der Waals surface area contributed by atoms with Gasteiger partial charge in [-0.1, -0.05) is 42.6 Å². The zero-order valence-electron chi connectivity index (χ0n) is 17.3. The van der Waals surface area contributed by atoms with Gasteiger partial charge in [-0.3, -0.25) is 4.79 Å². The van der Waals surface area contributed by atoms with Gasteiger partial charge in [0, 0.05) is 16.6 Å². The Labute approximate surface area is 196 Å². The number of carbonyl (C=O) groups excluding carboxylic acids is 1. The molecule has 1 amide bonds. The summed E-state index contributed by atoms with van der Waals surface area (Å²) in [6.45, 7) is 2.60. The number of hydrogen-bond acceptors (Lipinski definition) is 4. The maximum absolute atomic E-state index is 12.5. The van der Waals surface area contributed by atoms with E-state index in [9.17, 15) is 10.1 Å². The van der Waals surface area contributed by atoms with Crippen LogP contribution in [0.2, 0.25) is 5.02 Å². The first-order chi connectivity index (χ1) is 15.0. The van der Waals surface area contributed by atoms with Gasteiger partial charge in [0.15, 0.2) is 11.5 Å². The lowest BCUT2D eigenvalue weighted by Crippen LogP contribution is -2.33. The van der Waals surface area contributed by atoms with E-state index in [4.69, 9.17) is 21.1 Å². The maximum Gasteiger partial charge on any atom is 0.262 e. The smallest absolute Gasteiger partial charge is 0.262 e. The molecular formula is C24H24BrClN2O3. The van der Waals surface area contributed by atoms with Gasteiger partial charge in [-0.15, -0.1) is 0 Å². The number of nitriles is 1. The molecule has 1 aliphatic carbocycles. The molecule has 31 heavy (non-hydrogen) atoms. The van der Waals surface area contributed by atoms with Crippen LogP contribution in [-0.4, -0.2) is 18.6 Å². The standard InChI is InChI=1S/C24H24BrClN2O3/c1-2-30-22-13-16(11-18(14-27)24(29)28-19-8-4-5-9-19)12-20(25)23(22)31-15-17-7-3-6-10-21(17)26/h3,6-7,10-13,19H,2,4-5,8-9,15H2,1H3,(H,28,29)/b18-11-. The number of benzene rings is 2. The summed E-state index contributed by atoms with van der Waals surface area (Å²) in [5.74, 6) is 0.707. The van der Waals surface area contributed by atoms with Gasteiger partial charge in [-0.05, 0) is 65.5 Å². The van der Waals surface area contributed by atoms with Gasteiger partial charge in [0.2, 0.25) is 0 Å². The van der Waals surface area contributed by atoms with Gasteiger partial charge in [0.1, 0.15) is 18.2 Å². The van der Waals surface area contributed by atoms with E-state index >= 15 is 0 Å². The maximum atomic E-state index is 12.5. The molecule has 1 saturated carbocycles. The van der Waals surface area contributed by atoms with E-state index in [-0.39, 0.29) is 24.1 Å². The van der Waals surface area contributed by atoms with Gasteiger partial charge in [0.25, 0.3) is 5.91 Å². The van der Waals surface area contributed by atoms with E-state index in [2.05, 4.69) is 21.2 Å². The van der Waals surface area contributed by atoms with E-state index in [1.54, 1.807) is 18.2 Å². The molecule has 7 heteroatoms. The normalized spacial score (nSPS) is 14.2. The predicted molar refractivity (Wildman–Crippen MR) is 125 cm³/mol. The molecule has 0 aliphatic heterocycles. The molecule has 162 valence electrons. The Morgan fingerprint density at radius 1 is 1.29 bits per heavy atom. The van der Waals surface area contributed by atoms with Crippen LogP contribution < -0.4 is 14.8 Å². The number of nitrogens with zero attached hydrogens (tertiary/aromatic N) is 1. The summed E-state index contributed by atoms with van der Waals surface area (Å²) in [5, 5.41) is 13.1. The molecule has 1 fully saturated rings. The Bertz CT molecular complexity index is 1010. The lowest BCUT2D eigenvalue weighted by molar-refractivity contribution is -0.117. The molecule has 0 saturated heterocycles. The third-order valence-corrected chi connectivity index (χ3v) is 5.99. The van der Waals surface area contributed by atoms with Crippen LogP contribution >= 0.6 is 27.5 Å². The van der Waals surface area contributed by atoms with Crippen molar-refractivity contribution in [2.75, 3.05) is 6.61 Å². The second kappa shape index (κ2) is 11.2. The fourth-order valence-electron chi connectivity index (χ4n) is 3.49. The zero-order valence-corrected chi connectivity index (χ0v) is 19.6. The number of hydrogen-bond donors (Lipinski definition) is 1. The van der Waals surface area contributed by atoms with Crippen LogP contribution in [0.15, 0.2) is 46.4 Å². The van der Waals surface area contributed by atoms with Crippen LogP contribution in [0.25, 0.3) is 6.08 Å². The van der Waals surface area contributed by atoms with Crippen LogP contribution in [0.5, 0.6) is 11.5 Å². The van der Waals surface area contributed by atoms with Crippen LogP contribution in [0.1, 0.15) is 43.7 Å². The Kier molecular flexibility index (Phi) is 8.39. The Balaban J connectivity index is 1.82. The molecular weight excluding hydrogens is 480 g/mol. The first-order valence-corrected chi connectivity index (χ1v) is 11.4. The van der Waals surface area contributed by atoms with Crippen molar-refractivity contribution in [1.29, 1.82) is 5.26 Å². The minimum atomic E-state index is -0.345. The number of nitrogens with one attached hydrogen (secondary N) is 1. The second-order valence-corrected chi connectivity index (χ2v) is 8.53. The fourth-order valence-corrected chi connectivity index (χ4v) is 4.25. The van der Waals surface area contributed by atoms with Crippen LogP contribution in [-0.2, 0) is 11.4 Å². The number of ether oxygens (including phenoxy) is 2. The monoisotopic (exact) mass is 502 g/mol. The fraction of sp³-hybridized carbons (Fsp3) is 0.333. The molecule has 0 unspecified atom stereocenters. The number of carbonyl (C=O) groups is 1. The largest absolute Gasteiger partial charge is 0.490 e. The molecule has 0 spiro atoms. The third-order valence-electron chi connectivity index (χ3n) is 5.03. The molecule has 1 aliphatic rings. The third kappa shape index (κ3) is 6.25. The zero-order chi connectivity index (χ0) is 22.2. The van der Waals surface area contributed by atoms with Crippen LogP contribution in [0.4, 0.5) is 0 Å². The van der Waals surface area contributed by atoms with Crippen molar-refractivity contribution in [1.82, 2.24) is 5.32 Å². The summed E-state index contributed by atoms with van der Waals surface area (Å²) >= 11 is 9.75. The van der Waals surface area contributed by atoms with Gasteiger partial charge >= 0.3 is 0 Å². The molecule has 0 heterocycles. The number of rotatable bonds is 8. The van der Waals surface area contributed by atoms with E-state index in [0.29, 0.717) is 33.2 Å². The summed E-state index contributed by atoms with van der Waals surface area (Å²) in [5.41, 5.74) is 1.59. The molecule has 0 atom stereocenters. The first kappa shape index (κ1) is 23.2. The minimum absolute atomic E-state index is 0.0611. The van der Waals surface area contributed by atoms with E-state index in [0.717, 1.165) is 31.2 Å². The molecule has 0 bridgehead atoms. The van der Waals surface area contributed by atoms with Gasteiger partial charge < -0.3 is 14.8 Å². The molecule has 2 aromatic carbocycles. The topological polar surface area (TPSA) is 71.3 Å². The van der Waals surface area contributed by atoms with Crippen molar-refractivity contribution in [3.8, 4) is 17.6 Å². The highest BCUT2D eigenvalue weighted by molar-refractivity contribution is 9.10. The average Bonchev–Trinajstić information content (AvgIpc) is 3.25.